The molecule has 0 atom stereocenters. The number of nitrogens with zero attached hydrogens (tertiary/aromatic N) is 4. The van der Waals surface area contributed by atoms with Crippen LogP contribution in [0, 0.1) is 0 Å². The number of hydrogen-bond acceptors (Lipinski definition) is 8. The van der Waals surface area contributed by atoms with Gasteiger partial charge in [0.2, 0.25) is 0 Å². The molecule has 1 fully saturated rings. The normalized spacial score (nSPS) is 14.0. The van der Waals surface area contributed by atoms with Crippen LogP contribution in [0.1, 0.15) is 16.8 Å². The number of benzene rings is 2. The molecule has 5 rings (SSSR count). The first-order valence-corrected chi connectivity index (χ1v) is 12.0. The number of anilines is 2. The summed E-state index contributed by atoms with van der Waals surface area (Å²) in [5, 5.41) is 4.07. The van der Waals surface area contributed by atoms with E-state index in [1.165, 1.54) is 0 Å². The summed E-state index contributed by atoms with van der Waals surface area (Å²) in [7, 11) is 0. The maximum absolute atomic E-state index is 12.0. The average Bonchev–Trinajstić information content (AvgIpc) is 2.92. The predicted octanol–water partition coefficient (Wildman–Crippen LogP) is 3.64. The number of aromatic nitrogens is 3. The molecule has 0 radical (unpaired) electrons. The molecule has 1 aliphatic heterocycles. The summed E-state index contributed by atoms with van der Waals surface area (Å²) >= 11 is 0. The van der Waals surface area contributed by atoms with Crippen molar-refractivity contribution in [1.29, 1.82) is 0 Å². The molecule has 3 N–H and O–H groups in total. The maximum atomic E-state index is 12.0. The topological polar surface area (TPSA) is 115 Å². The first kappa shape index (κ1) is 23.7. The zero-order chi connectivity index (χ0) is 24.7. The average molecular weight is 485 g/mol. The molecule has 1 aliphatic rings. The van der Waals surface area contributed by atoms with Gasteiger partial charge in [0.05, 0.1) is 36.6 Å². The van der Waals surface area contributed by atoms with Crippen LogP contribution in [0.5, 0.6) is 5.75 Å². The van der Waals surface area contributed by atoms with Gasteiger partial charge in [0.25, 0.3) is 5.91 Å². The Bertz CT molecular complexity index is 1340. The van der Waals surface area contributed by atoms with E-state index in [2.05, 4.69) is 15.2 Å². The van der Waals surface area contributed by atoms with E-state index in [0.717, 1.165) is 61.5 Å². The fourth-order valence-electron chi connectivity index (χ4n) is 4.15. The van der Waals surface area contributed by atoms with Crippen molar-refractivity contribution in [3.05, 3.63) is 72.6 Å². The van der Waals surface area contributed by atoms with E-state index >= 15 is 0 Å². The second-order valence-corrected chi connectivity index (χ2v) is 8.51. The second kappa shape index (κ2) is 11.1. The van der Waals surface area contributed by atoms with Gasteiger partial charge < -0.3 is 20.5 Å². The molecule has 36 heavy (non-hydrogen) atoms. The molecule has 1 amide bonds. The minimum atomic E-state index is -0.520. The van der Waals surface area contributed by atoms with Gasteiger partial charge in [-0.05, 0) is 48.9 Å². The Balaban J connectivity index is 1.43. The number of pyridine rings is 1. The van der Waals surface area contributed by atoms with Crippen LogP contribution >= 0.6 is 0 Å². The van der Waals surface area contributed by atoms with Crippen LogP contribution < -0.4 is 15.8 Å². The summed E-state index contributed by atoms with van der Waals surface area (Å²) in [4.78, 5) is 28.1. The number of carbonyl (C=O) groups excluding carboxylic acids is 1. The Kier molecular flexibility index (Phi) is 7.30. The monoisotopic (exact) mass is 484 g/mol. The highest BCUT2D eigenvalue weighted by atomic mass is 16.5. The predicted molar refractivity (Wildman–Crippen MR) is 138 cm³/mol. The summed E-state index contributed by atoms with van der Waals surface area (Å²) in [6.45, 7) is 5.10. The van der Waals surface area contributed by atoms with Gasteiger partial charge in [-0.1, -0.05) is 12.1 Å². The summed E-state index contributed by atoms with van der Waals surface area (Å²) in [5.41, 5.74) is 8.07. The number of ether oxygens (including phenoxy) is 2. The summed E-state index contributed by atoms with van der Waals surface area (Å²) in [6, 6.07) is 16.6. The summed E-state index contributed by atoms with van der Waals surface area (Å²) in [6.07, 6.45) is 4.34. The number of nitrogens with one attached hydrogen (secondary N) is 1. The van der Waals surface area contributed by atoms with Gasteiger partial charge in [0.15, 0.2) is 5.82 Å². The Morgan fingerprint density at radius 3 is 2.75 bits per heavy atom. The van der Waals surface area contributed by atoms with Crippen LogP contribution in [0.2, 0.25) is 0 Å². The molecular formula is C27H28N6O3. The van der Waals surface area contributed by atoms with Gasteiger partial charge in [-0.15, -0.1) is 0 Å². The van der Waals surface area contributed by atoms with Gasteiger partial charge in [0.1, 0.15) is 11.6 Å². The van der Waals surface area contributed by atoms with Crippen LogP contribution in [-0.2, 0) is 4.74 Å². The van der Waals surface area contributed by atoms with E-state index in [1.54, 1.807) is 30.6 Å². The molecule has 0 bridgehead atoms. The lowest BCUT2D eigenvalue weighted by Gasteiger charge is -2.26. The minimum absolute atomic E-state index is 0.378. The van der Waals surface area contributed by atoms with Crippen LogP contribution in [0.3, 0.4) is 0 Å². The Labute approximate surface area is 209 Å². The first-order chi connectivity index (χ1) is 17.7. The molecule has 0 saturated carbocycles. The smallest absolute Gasteiger partial charge is 0.250 e. The van der Waals surface area contributed by atoms with Crippen LogP contribution in [0.4, 0.5) is 11.5 Å². The Morgan fingerprint density at radius 1 is 1.08 bits per heavy atom. The van der Waals surface area contributed by atoms with E-state index in [4.69, 9.17) is 25.2 Å². The van der Waals surface area contributed by atoms with Crippen molar-refractivity contribution in [3.63, 3.8) is 0 Å². The van der Waals surface area contributed by atoms with Crippen molar-refractivity contribution in [2.45, 2.75) is 6.42 Å². The molecule has 1 saturated heterocycles. The zero-order valence-electron chi connectivity index (χ0n) is 19.9. The summed E-state index contributed by atoms with van der Waals surface area (Å²) in [5.74, 6) is 1.28. The van der Waals surface area contributed by atoms with Crippen LogP contribution in [0.15, 0.2) is 67.0 Å². The van der Waals surface area contributed by atoms with Gasteiger partial charge in [-0.3, -0.25) is 14.7 Å². The third-order valence-corrected chi connectivity index (χ3v) is 6.02. The van der Waals surface area contributed by atoms with Crippen LogP contribution in [0.25, 0.3) is 22.3 Å². The number of hydrogen-bond donors (Lipinski definition) is 2. The fourth-order valence-corrected chi connectivity index (χ4v) is 4.15. The number of morpholine rings is 1. The number of fused-ring (bicyclic) bond motifs is 1. The third-order valence-electron chi connectivity index (χ3n) is 6.02. The number of primary amides is 1. The molecule has 0 unspecified atom stereocenters. The highest BCUT2D eigenvalue weighted by Gasteiger charge is 2.15. The SMILES string of the molecule is NC(=O)c1ccccc1Nc1nc(-c2cccnc2)nc2ccc(OCCCN3CCOCC3)cc12. The highest BCUT2D eigenvalue weighted by molar-refractivity contribution is 6.01. The quantitative estimate of drug-likeness (QED) is 0.346. The van der Waals surface area contributed by atoms with Crippen molar-refractivity contribution in [2.75, 3.05) is 44.8 Å². The number of nitrogens with two attached hydrogens (primary N) is 1. The molecule has 0 aliphatic carbocycles. The molecule has 184 valence electrons. The van der Waals surface area contributed by atoms with E-state index in [0.29, 0.717) is 29.5 Å². The van der Waals surface area contributed by atoms with Crippen molar-refractivity contribution >= 4 is 28.3 Å². The molecular weight excluding hydrogens is 456 g/mol. The second-order valence-electron chi connectivity index (χ2n) is 8.51. The van der Waals surface area contributed by atoms with E-state index in [1.807, 2.05) is 36.4 Å². The lowest BCUT2D eigenvalue weighted by atomic mass is 10.1. The highest BCUT2D eigenvalue weighted by Crippen LogP contribution is 2.31. The van der Waals surface area contributed by atoms with Gasteiger partial charge >= 0.3 is 0 Å². The molecule has 9 nitrogen and oxygen atoms in total. The first-order valence-electron chi connectivity index (χ1n) is 12.0. The Morgan fingerprint density at radius 2 is 1.94 bits per heavy atom. The third kappa shape index (κ3) is 5.59. The van der Waals surface area contributed by atoms with E-state index in [-0.39, 0.29) is 0 Å². The van der Waals surface area contributed by atoms with Crippen molar-refractivity contribution in [2.24, 2.45) is 5.73 Å². The molecule has 9 heteroatoms. The molecule has 4 aromatic rings. The standard InChI is InChI=1S/C27H28N6O3/c28-25(34)21-6-1-2-7-23(21)31-27-22-17-20(36-14-4-11-33-12-15-35-16-13-33)8-9-24(22)30-26(32-27)19-5-3-10-29-18-19/h1-3,5-10,17-18H,4,11-16H2,(H2,28,34)(H,30,31,32). The van der Waals surface area contributed by atoms with Gasteiger partial charge in [-0.2, -0.15) is 0 Å². The lowest BCUT2D eigenvalue weighted by Crippen LogP contribution is -2.37. The summed E-state index contributed by atoms with van der Waals surface area (Å²) < 4.78 is 11.5. The van der Waals surface area contributed by atoms with Crippen molar-refractivity contribution in [1.82, 2.24) is 19.9 Å². The molecule has 2 aromatic heterocycles. The molecule has 2 aromatic carbocycles. The maximum Gasteiger partial charge on any atom is 0.250 e. The Hall–Kier alpha value is -4.08. The zero-order valence-corrected chi connectivity index (χ0v) is 19.9. The van der Waals surface area contributed by atoms with Crippen molar-refractivity contribution < 1.29 is 14.3 Å². The van der Waals surface area contributed by atoms with E-state index in [9.17, 15) is 4.79 Å². The van der Waals surface area contributed by atoms with E-state index < -0.39 is 5.91 Å². The fraction of sp³-hybridized carbons (Fsp3) is 0.259. The number of para-hydroxylation sites is 1. The van der Waals surface area contributed by atoms with Gasteiger partial charge in [0, 0.05) is 43.0 Å². The van der Waals surface area contributed by atoms with Crippen LogP contribution in [-0.4, -0.2) is 65.2 Å². The lowest BCUT2D eigenvalue weighted by molar-refractivity contribution is 0.0358. The van der Waals surface area contributed by atoms with Crippen molar-refractivity contribution in [3.8, 4) is 17.1 Å². The number of carbonyl (C=O) groups is 1. The number of rotatable bonds is 9. The largest absolute Gasteiger partial charge is 0.494 e. The molecule has 0 spiro atoms. The molecule has 3 heterocycles. The minimum Gasteiger partial charge on any atom is -0.494 e. The number of amides is 1. The van der Waals surface area contributed by atoms with Gasteiger partial charge in [-0.25, -0.2) is 9.97 Å².